The van der Waals surface area contributed by atoms with Crippen LogP contribution in [-0.2, 0) is 14.3 Å². The highest BCUT2D eigenvalue weighted by Gasteiger charge is 2.30. The van der Waals surface area contributed by atoms with E-state index >= 15 is 0 Å². The molecule has 0 radical (unpaired) electrons. The molecule has 218 valence electrons. The lowest BCUT2D eigenvalue weighted by Crippen LogP contribution is -2.48. The van der Waals surface area contributed by atoms with Gasteiger partial charge in [0.2, 0.25) is 5.91 Å². The lowest BCUT2D eigenvalue weighted by atomic mass is 9.98. The lowest BCUT2D eigenvalue weighted by Gasteiger charge is -2.32. The van der Waals surface area contributed by atoms with Crippen molar-refractivity contribution < 1.29 is 19.1 Å². The Hall–Kier alpha value is -4.67. The highest BCUT2D eigenvalue weighted by molar-refractivity contribution is 6.37. The van der Waals surface area contributed by atoms with Crippen LogP contribution >= 0.6 is 0 Å². The molecule has 0 aliphatic carbocycles. The molecule has 0 spiro atoms. The van der Waals surface area contributed by atoms with Crippen LogP contribution in [0.3, 0.4) is 0 Å². The molecule has 0 atom stereocenters. The lowest BCUT2D eigenvalue weighted by molar-refractivity contribution is -0.119. The first-order chi connectivity index (χ1) is 20.3. The SMILES string of the molecule is CNc1ccc(/C(Nc2ccc(N(C)C(=O)CN3CCN(C)CC3)cc2)=C2/C(=O)Nc3ccc(C(=O)OC)cc32)cc1. The number of nitrogens with one attached hydrogen (secondary N) is 3. The van der Waals surface area contributed by atoms with E-state index in [2.05, 4.69) is 32.8 Å². The number of hydrogen-bond donors (Lipinski definition) is 3. The molecule has 2 amide bonds. The number of benzene rings is 3. The van der Waals surface area contributed by atoms with E-state index in [4.69, 9.17) is 4.74 Å². The topological polar surface area (TPSA) is 106 Å². The van der Waals surface area contributed by atoms with Crippen LogP contribution < -0.4 is 20.9 Å². The Bertz CT molecular complexity index is 1510. The third kappa shape index (κ3) is 6.14. The van der Waals surface area contributed by atoms with Crippen molar-refractivity contribution >= 4 is 51.8 Å². The molecule has 3 aromatic rings. The van der Waals surface area contributed by atoms with Crippen LogP contribution in [0.1, 0.15) is 21.5 Å². The van der Waals surface area contributed by atoms with Gasteiger partial charge in [0.25, 0.3) is 5.91 Å². The number of carbonyl (C=O) groups is 3. The number of fused-ring (bicyclic) bond motifs is 1. The third-order valence-electron chi connectivity index (χ3n) is 7.75. The van der Waals surface area contributed by atoms with E-state index in [1.54, 1.807) is 30.1 Å². The quantitative estimate of drug-likeness (QED) is 0.279. The largest absolute Gasteiger partial charge is 0.465 e. The Morgan fingerprint density at radius 2 is 1.57 bits per heavy atom. The maximum absolute atomic E-state index is 13.3. The normalized spacial score (nSPS) is 16.3. The number of nitrogens with zero attached hydrogens (tertiary/aromatic N) is 3. The fourth-order valence-corrected chi connectivity index (χ4v) is 5.10. The van der Waals surface area contributed by atoms with E-state index in [1.165, 1.54) is 7.11 Å². The van der Waals surface area contributed by atoms with Gasteiger partial charge in [-0.25, -0.2) is 4.79 Å². The number of hydrogen-bond acceptors (Lipinski definition) is 8. The van der Waals surface area contributed by atoms with E-state index in [-0.39, 0.29) is 11.8 Å². The summed E-state index contributed by atoms with van der Waals surface area (Å²) in [5.74, 6) is -0.724. The fourth-order valence-electron chi connectivity index (χ4n) is 5.10. The van der Waals surface area contributed by atoms with E-state index < -0.39 is 5.97 Å². The number of esters is 1. The highest BCUT2D eigenvalue weighted by Crippen LogP contribution is 2.38. The Morgan fingerprint density at radius 1 is 0.929 bits per heavy atom. The summed E-state index contributed by atoms with van der Waals surface area (Å²) < 4.78 is 4.90. The van der Waals surface area contributed by atoms with Gasteiger partial charge in [-0.2, -0.15) is 0 Å². The van der Waals surface area contributed by atoms with Crippen LogP contribution in [0.5, 0.6) is 0 Å². The molecule has 10 heteroatoms. The second-order valence-corrected chi connectivity index (χ2v) is 10.5. The number of ether oxygens (including phenoxy) is 1. The smallest absolute Gasteiger partial charge is 0.337 e. The van der Waals surface area contributed by atoms with Crippen LogP contribution in [0, 0.1) is 0 Å². The Balaban J connectivity index is 1.44. The molecular formula is C32H36N6O4. The van der Waals surface area contributed by atoms with Gasteiger partial charge in [0.05, 0.1) is 30.5 Å². The average molecular weight is 569 g/mol. The molecule has 42 heavy (non-hydrogen) atoms. The number of piperazine rings is 1. The molecule has 3 N–H and O–H groups in total. The molecule has 2 aliphatic rings. The van der Waals surface area contributed by atoms with Crippen LogP contribution in [0.25, 0.3) is 11.3 Å². The van der Waals surface area contributed by atoms with Crippen molar-refractivity contribution in [3.05, 3.63) is 83.4 Å². The second kappa shape index (κ2) is 12.5. The number of amides is 2. The summed E-state index contributed by atoms with van der Waals surface area (Å²) in [5, 5.41) is 9.46. The Labute approximate surface area is 245 Å². The molecule has 5 rings (SSSR count). The molecule has 10 nitrogen and oxygen atoms in total. The molecule has 0 saturated carbocycles. The van der Waals surface area contributed by atoms with Crippen molar-refractivity contribution in [2.75, 3.05) is 81.8 Å². The van der Waals surface area contributed by atoms with E-state index in [1.807, 2.05) is 55.6 Å². The maximum atomic E-state index is 13.3. The van der Waals surface area contributed by atoms with Crippen LogP contribution in [0.4, 0.5) is 22.7 Å². The van der Waals surface area contributed by atoms with E-state index in [9.17, 15) is 14.4 Å². The van der Waals surface area contributed by atoms with Crippen molar-refractivity contribution in [2.45, 2.75) is 0 Å². The van der Waals surface area contributed by atoms with Crippen LogP contribution in [0.2, 0.25) is 0 Å². The van der Waals surface area contributed by atoms with E-state index in [0.717, 1.165) is 48.8 Å². The minimum Gasteiger partial charge on any atom is -0.465 e. The molecule has 0 bridgehead atoms. The summed E-state index contributed by atoms with van der Waals surface area (Å²) in [6.45, 7) is 4.05. The molecule has 0 aromatic heterocycles. The zero-order valence-corrected chi connectivity index (χ0v) is 24.4. The minimum absolute atomic E-state index is 0.0355. The summed E-state index contributed by atoms with van der Waals surface area (Å²) in [6, 6.07) is 20.3. The van der Waals surface area contributed by atoms with Crippen molar-refractivity contribution in [3.8, 4) is 0 Å². The fraction of sp³-hybridized carbons (Fsp3) is 0.281. The van der Waals surface area contributed by atoms with Crippen molar-refractivity contribution in [3.63, 3.8) is 0 Å². The van der Waals surface area contributed by atoms with Crippen LogP contribution in [-0.4, -0.2) is 88.6 Å². The third-order valence-corrected chi connectivity index (χ3v) is 7.75. The molecule has 1 fully saturated rings. The predicted octanol–water partition coefficient (Wildman–Crippen LogP) is 3.66. The number of rotatable bonds is 8. The Morgan fingerprint density at radius 3 is 2.21 bits per heavy atom. The summed E-state index contributed by atoms with van der Waals surface area (Å²) >= 11 is 0. The first-order valence-electron chi connectivity index (χ1n) is 13.9. The van der Waals surface area contributed by atoms with Gasteiger partial charge < -0.3 is 30.5 Å². The monoisotopic (exact) mass is 568 g/mol. The predicted molar refractivity (Wildman–Crippen MR) is 167 cm³/mol. The molecule has 0 unspecified atom stereocenters. The van der Waals surface area contributed by atoms with E-state index in [0.29, 0.717) is 34.6 Å². The first-order valence-corrected chi connectivity index (χ1v) is 13.9. The highest BCUT2D eigenvalue weighted by atomic mass is 16.5. The molecule has 2 aliphatic heterocycles. The first kappa shape index (κ1) is 28.8. The van der Waals surface area contributed by atoms with Crippen LogP contribution in [0.15, 0.2) is 66.7 Å². The standard InChI is InChI=1S/C32H36N6O4/c1-33-23-8-5-21(6-9-23)30(29-26-19-22(32(41)42-4)7-14-27(26)35-31(29)40)34-24-10-12-25(13-11-24)37(3)28(39)20-38-17-15-36(2)16-18-38/h5-14,19,33-34H,15-18,20H2,1-4H3,(H,35,40)/b30-29-. The second-order valence-electron chi connectivity index (χ2n) is 10.5. The van der Waals surface area contributed by atoms with Gasteiger partial charge in [-0.05, 0) is 67.2 Å². The molecular weight excluding hydrogens is 532 g/mol. The summed E-state index contributed by atoms with van der Waals surface area (Å²) in [5.41, 5.74) is 5.81. The summed E-state index contributed by atoms with van der Waals surface area (Å²) in [6.07, 6.45) is 0. The number of likely N-dealkylation sites (N-methyl/N-ethyl adjacent to an activating group) is 2. The summed E-state index contributed by atoms with van der Waals surface area (Å²) in [4.78, 5) is 44.7. The zero-order valence-electron chi connectivity index (χ0n) is 24.4. The summed E-state index contributed by atoms with van der Waals surface area (Å²) in [7, 11) is 7.05. The zero-order chi connectivity index (χ0) is 29.8. The number of anilines is 4. The number of methoxy groups -OCH3 is 1. The molecule has 2 heterocycles. The van der Waals surface area contributed by atoms with Crippen molar-refractivity contribution in [2.24, 2.45) is 0 Å². The van der Waals surface area contributed by atoms with Crippen molar-refractivity contribution in [1.29, 1.82) is 0 Å². The number of carbonyl (C=O) groups excluding carboxylic acids is 3. The van der Waals surface area contributed by atoms with Gasteiger partial charge in [-0.3, -0.25) is 14.5 Å². The van der Waals surface area contributed by atoms with Gasteiger partial charge >= 0.3 is 5.97 Å². The maximum Gasteiger partial charge on any atom is 0.337 e. The van der Waals surface area contributed by atoms with Gasteiger partial charge in [0.15, 0.2) is 0 Å². The minimum atomic E-state index is -0.480. The average Bonchev–Trinajstić information content (AvgIpc) is 3.35. The van der Waals surface area contributed by atoms with Gasteiger partial charge in [-0.1, -0.05) is 12.1 Å². The molecule has 1 saturated heterocycles. The van der Waals surface area contributed by atoms with Crippen molar-refractivity contribution in [1.82, 2.24) is 9.80 Å². The Kier molecular flexibility index (Phi) is 8.56. The van der Waals surface area contributed by atoms with Gasteiger partial charge in [-0.15, -0.1) is 0 Å². The van der Waals surface area contributed by atoms with Gasteiger partial charge in [0, 0.05) is 68.6 Å². The molecule has 3 aromatic carbocycles. The van der Waals surface area contributed by atoms with Gasteiger partial charge in [0.1, 0.15) is 0 Å².